The fourth-order valence-corrected chi connectivity index (χ4v) is 2.63. The topological polar surface area (TPSA) is 47.0 Å². The van der Waals surface area contributed by atoms with E-state index < -0.39 is 0 Å². The summed E-state index contributed by atoms with van der Waals surface area (Å²) in [6, 6.07) is 7.90. The molecule has 0 radical (unpaired) electrons. The summed E-state index contributed by atoms with van der Waals surface area (Å²) >= 11 is 3.51. The molecule has 5 heteroatoms. The first-order chi connectivity index (χ1) is 10.2. The smallest absolute Gasteiger partial charge is 0.161 e. The minimum atomic E-state index is 0.736. The van der Waals surface area contributed by atoms with Crippen LogP contribution in [0.25, 0.3) is 11.4 Å². The number of anilines is 1. The van der Waals surface area contributed by atoms with Gasteiger partial charge in [0.15, 0.2) is 5.82 Å². The van der Waals surface area contributed by atoms with Gasteiger partial charge in [0.2, 0.25) is 0 Å². The zero-order chi connectivity index (χ0) is 15.2. The molecule has 1 aromatic carbocycles. The van der Waals surface area contributed by atoms with Crippen LogP contribution in [0.3, 0.4) is 0 Å². The second kappa shape index (κ2) is 7.41. The van der Waals surface area contributed by atoms with Crippen LogP contribution in [-0.2, 0) is 6.42 Å². The van der Waals surface area contributed by atoms with Crippen LogP contribution in [0.1, 0.15) is 26.0 Å². The van der Waals surface area contributed by atoms with Crippen molar-refractivity contribution >= 4 is 21.7 Å². The Kier molecular flexibility index (Phi) is 5.56. The molecule has 0 aliphatic rings. The number of ether oxygens (including phenoxy) is 1. The van der Waals surface area contributed by atoms with Gasteiger partial charge in [0, 0.05) is 23.9 Å². The number of methoxy groups -OCH3 is 1. The molecule has 4 nitrogen and oxygen atoms in total. The summed E-state index contributed by atoms with van der Waals surface area (Å²) < 4.78 is 6.16. The second-order valence-corrected chi connectivity index (χ2v) is 5.55. The number of nitrogens with zero attached hydrogens (tertiary/aromatic N) is 2. The maximum absolute atomic E-state index is 5.26. The van der Waals surface area contributed by atoms with E-state index in [2.05, 4.69) is 45.1 Å². The standard InChI is InChI=1S/C16H20BrN3O/c1-4-6-12-10-15(18-5-2)20-16(19-12)11-7-8-14(21-3)13(17)9-11/h7-10H,4-6H2,1-3H3,(H,18,19,20). The van der Waals surface area contributed by atoms with Crippen molar-refractivity contribution in [3.05, 3.63) is 34.4 Å². The van der Waals surface area contributed by atoms with E-state index in [4.69, 9.17) is 4.74 Å². The van der Waals surface area contributed by atoms with Crippen molar-refractivity contribution in [1.82, 2.24) is 9.97 Å². The van der Waals surface area contributed by atoms with Crippen molar-refractivity contribution in [2.45, 2.75) is 26.7 Å². The highest BCUT2D eigenvalue weighted by atomic mass is 79.9. The van der Waals surface area contributed by atoms with E-state index >= 15 is 0 Å². The van der Waals surface area contributed by atoms with Gasteiger partial charge in [-0.05, 0) is 47.5 Å². The lowest BCUT2D eigenvalue weighted by Crippen LogP contribution is -2.04. The van der Waals surface area contributed by atoms with E-state index in [1.54, 1.807) is 7.11 Å². The molecule has 0 aliphatic heterocycles. The molecular formula is C16H20BrN3O. The lowest BCUT2D eigenvalue weighted by Gasteiger charge is -2.10. The fraction of sp³-hybridized carbons (Fsp3) is 0.375. The molecule has 0 bridgehead atoms. The highest BCUT2D eigenvalue weighted by Gasteiger charge is 2.09. The van der Waals surface area contributed by atoms with Crippen molar-refractivity contribution in [2.24, 2.45) is 0 Å². The van der Waals surface area contributed by atoms with E-state index in [1.807, 2.05) is 24.3 Å². The van der Waals surface area contributed by atoms with E-state index in [9.17, 15) is 0 Å². The van der Waals surface area contributed by atoms with Crippen LogP contribution in [0, 0.1) is 0 Å². The van der Waals surface area contributed by atoms with Crippen LogP contribution in [0.5, 0.6) is 5.75 Å². The first-order valence-corrected chi connectivity index (χ1v) is 7.93. The summed E-state index contributed by atoms with van der Waals surface area (Å²) in [5.41, 5.74) is 2.03. The van der Waals surface area contributed by atoms with E-state index in [0.29, 0.717) is 0 Å². The average Bonchev–Trinajstić information content (AvgIpc) is 2.47. The van der Waals surface area contributed by atoms with Crippen LogP contribution < -0.4 is 10.1 Å². The molecule has 1 heterocycles. The third-order valence-electron chi connectivity index (χ3n) is 3.05. The van der Waals surface area contributed by atoms with Crippen molar-refractivity contribution in [3.63, 3.8) is 0 Å². The van der Waals surface area contributed by atoms with E-state index in [-0.39, 0.29) is 0 Å². The minimum Gasteiger partial charge on any atom is -0.496 e. The van der Waals surface area contributed by atoms with Gasteiger partial charge < -0.3 is 10.1 Å². The van der Waals surface area contributed by atoms with Crippen LogP contribution >= 0.6 is 15.9 Å². The molecule has 0 amide bonds. The van der Waals surface area contributed by atoms with Gasteiger partial charge in [-0.1, -0.05) is 13.3 Å². The highest BCUT2D eigenvalue weighted by Crippen LogP contribution is 2.29. The first-order valence-electron chi connectivity index (χ1n) is 7.13. The molecule has 0 unspecified atom stereocenters. The van der Waals surface area contributed by atoms with Crippen molar-refractivity contribution in [3.8, 4) is 17.1 Å². The monoisotopic (exact) mass is 349 g/mol. The Hall–Kier alpha value is -1.62. The SMILES string of the molecule is CCCc1cc(NCC)nc(-c2ccc(OC)c(Br)c2)n1. The molecule has 0 spiro atoms. The third-order valence-corrected chi connectivity index (χ3v) is 3.67. The summed E-state index contributed by atoms with van der Waals surface area (Å²) in [5, 5.41) is 3.27. The lowest BCUT2D eigenvalue weighted by atomic mass is 10.2. The van der Waals surface area contributed by atoms with Gasteiger partial charge in [-0.25, -0.2) is 9.97 Å². The molecule has 112 valence electrons. The van der Waals surface area contributed by atoms with Crippen LogP contribution in [0.4, 0.5) is 5.82 Å². The minimum absolute atomic E-state index is 0.736. The zero-order valence-corrected chi connectivity index (χ0v) is 14.2. The van der Waals surface area contributed by atoms with Gasteiger partial charge in [0.25, 0.3) is 0 Å². The molecule has 0 fully saturated rings. The van der Waals surface area contributed by atoms with Crippen molar-refractivity contribution in [2.75, 3.05) is 19.0 Å². The number of hydrogen-bond donors (Lipinski definition) is 1. The number of halogens is 1. The Bertz CT molecular complexity index is 592. The molecule has 21 heavy (non-hydrogen) atoms. The van der Waals surface area contributed by atoms with Crippen LogP contribution in [-0.4, -0.2) is 23.6 Å². The van der Waals surface area contributed by atoms with Gasteiger partial charge >= 0.3 is 0 Å². The Morgan fingerprint density at radius 3 is 2.62 bits per heavy atom. The molecule has 1 N–H and O–H groups in total. The number of hydrogen-bond acceptors (Lipinski definition) is 4. The molecule has 0 atom stereocenters. The predicted octanol–water partition coefficient (Wildman–Crippen LogP) is 4.30. The van der Waals surface area contributed by atoms with Crippen molar-refractivity contribution < 1.29 is 4.74 Å². The van der Waals surface area contributed by atoms with Gasteiger partial charge in [0.05, 0.1) is 11.6 Å². The summed E-state index contributed by atoms with van der Waals surface area (Å²) in [5.74, 6) is 2.41. The third kappa shape index (κ3) is 3.94. The average molecular weight is 350 g/mol. The van der Waals surface area contributed by atoms with Crippen LogP contribution in [0.15, 0.2) is 28.7 Å². The highest BCUT2D eigenvalue weighted by molar-refractivity contribution is 9.10. The summed E-state index contributed by atoms with van der Waals surface area (Å²) in [6.07, 6.45) is 2.01. The largest absolute Gasteiger partial charge is 0.496 e. The molecule has 0 saturated heterocycles. The van der Waals surface area contributed by atoms with Crippen molar-refractivity contribution in [1.29, 1.82) is 0 Å². The molecule has 2 rings (SSSR count). The summed E-state index contributed by atoms with van der Waals surface area (Å²) in [4.78, 5) is 9.25. The van der Waals surface area contributed by atoms with E-state index in [1.165, 1.54) is 0 Å². The Morgan fingerprint density at radius 1 is 1.19 bits per heavy atom. The quantitative estimate of drug-likeness (QED) is 0.844. The van der Waals surface area contributed by atoms with Gasteiger partial charge in [0.1, 0.15) is 11.6 Å². The van der Waals surface area contributed by atoms with Gasteiger partial charge in [-0.15, -0.1) is 0 Å². The lowest BCUT2D eigenvalue weighted by molar-refractivity contribution is 0.412. The molecule has 1 aromatic heterocycles. The summed E-state index contributed by atoms with van der Waals surface area (Å²) in [7, 11) is 1.65. The maximum Gasteiger partial charge on any atom is 0.161 e. The first kappa shape index (κ1) is 15.8. The number of aromatic nitrogens is 2. The Morgan fingerprint density at radius 2 is 2.00 bits per heavy atom. The van der Waals surface area contributed by atoms with E-state index in [0.717, 1.165) is 52.5 Å². The van der Waals surface area contributed by atoms with Gasteiger partial charge in [-0.2, -0.15) is 0 Å². The summed E-state index contributed by atoms with van der Waals surface area (Å²) in [6.45, 7) is 5.05. The molecule has 2 aromatic rings. The molecule has 0 aliphatic carbocycles. The number of nitrogens with one attached hydrogen (secondary N) is 1. The Labute approximate surface area is 134 Å². The fourth-order valence-electron chi connectivity index (χ4n) is 2.09. The number of rotatable bonds is 6. The normalized spacial score (nSPS) is 10.5. The van der Waals surface area contributed by atoms with Crippen LogP contribution in [0.2, 0.25) is 0 Å². The second-order valence-electron chi connectivity index (χ2n) is 4.70. The van der Waals surface area contributed by atoms with Gasteiger partial charge in [-0.3, -0.25) is 0 Å². The number of benzene rings is 1. The number of aryl methyl sites for hydroxylation is 1. The molecule has 0 saturated carbocycles. The maximum atomic E-state index is 5.26. The molecular weight excluding hydrogens is 330 g/mol. The zero-order valence-electron chi connectivity index (χ0n) is 12.6. The predicted molar refractivity (Wildman–Crippen MR) is 89.9 cm³/mol. The Balaban J connectivity index is 2.43.